The van der Waals surface area contributed by atoms with E-state index in [4.69, 9.17) is 4.74 Å². The van der Waals surface area contributed by atoms with Gasteiger partial charge < -0.3 is 15.0 Å². The first-order chi connectivity index (χ1) is 13.9. The van der Waals surface area contributed by atoms with Gasteiger partial charge in [0.25, 0.3) is 5.91 Å². The molecule has 8 nitrogen and oxygen atoms in total. The molecule has 162 valence electrons. The Bertz CT molecular complexity index is 789. The second-order valence-electron chi connectivity index (χ2n) is 7.08. The van der Waals surface area contributed by atoms with Crippen LogP contribution in [0, 0.1) is 0 Å². The Labute approximate surface area is 173 Å². The lowest BCUT2D eigenvalue weighted by molar-refractivity contribution is -0.122. The number of hydrogen-bond acceptors (Lipinski definition) is 6. The number of piperazine rings is 1. The Morgan fingerprint density at radius 3 is 2.48 bits per heavy atom. The van der Waals surface area contributed by atoms with Crippen LogP contribution in [-0.2, 0) is 19.4 Å². The minimum atomic E-state index is -3.48. The fraction of sp³-hybridized carbons (Fsp3) is 0.600. The molecule has 1 aromatic rings. The van der Waals surface area contributed by atoms with Gasteiger partial charge in [0, 0.05) is 46.4 Å². The van der Waals surface area contributed by atoms with E-state index in [2.05, 4.69) is 5.32 Å². The molecule has 0 aromatic heterocycles. The minimum Gasteiger partial charge on any atom is -0.385 e. The highest BCUT2D eigenvalue weighted by molar-refractivity contribution is 7.91. The van der Waals surface area contributed by atoms with Gasteiger partial charge in [0.1, 0.15) is 0 Å². The number of methoxy groups -OCH3 is 1. The average Bonchev–Trinajstić information content (AvgIpc) is 2.71. The molecule has 1 heterocycles. The Balaban J connectivity index is 1.92. The SMILES string of the molecule is CCCS(=O)(=O)c1ccccc1C(=O)N1CCN(CC(=O)NCCCOC)CC1. The fourth-order valence-electron chi connectivity index (χ4n) is 3.28. The van der Waals surface area contributed by atoms with Gasteiger partial charge in [-0.15, -0.1) is 0 Å². The van der Waals surface area contributed by atoms with Crippen molar-refractivity contribution in [3.05, 3.63) is 29.8 Å². The standard InChI is InChI=1S/C20H31N3O5S/c1-3-15-29(26,27)18-8-5-4-7-17(18)20(25)23-12-10-22(11-13-23)16-19(24)21-9-6-14-28-2/h4-5,7-8H,3,6,9-16H2,1-2H3,(H,21,24). The summed E-state index contributed by atoms with van der Waals surface area (Å²) in [5.74, 6) is -0.300. The monoisotopic (exact) mass is 425 g/mol. The topological polar surface area (TPSA) is 96.0 Å². The van der Waals surface area contributed by atoms with Crippen molar-refractivity contribution in [1.29, 1.82) is 0 Å². The summed E-state index contributed by atoms with van der Waals surface area (Å²) in [7, 11) is -1.86. The van der Waals surface area contributed by atoms with Crippen LogP contribution in [0.25, 0.3) is 0 Å². The highest BCUT2D eigenvalue weighted by atomic mass is 32.2. The Hall–Kier alpha value is -1.97. The highest BCUT2D eigenvalue weighted by Crippen LogP contribution is 2.20. The molecule has 0 aliphatic carbocycles. The summed E-state index contributed by atoms with van der Waals surface area (Å²) in [5, 5.41) is 2.85. The molecule has 0 radical (unpaired) electrons. The van der Waals surface area contributed by atoms with Gasteiger partial charge >= 0.3 is 0 Å². The first kappa shape index (κ1) is 23.3. The summed E-state index contributed by atoms with van der Waals surface area (Å²) in [6, 6.07) is 6.40. The lowest BCUT2D eigenvalue weighted by atomic mass is 10.2. The highest BCUT2D eigenvalue weighted by Gasteiger charge is 2.27. The van der Waals surface area contributed by atoms with Gasteiger partial charge in [-0.3, -0.25) is 14.5 Å². The van der Waals surface area contributed by atoms with Crippen molar-refractivity contribution >= 4 is 21.7 Å². The largest absolute Gasteiger partial charge is 0.385 e. The van der Waals surface area contributed by atoms with Gasteiger partial charge in [-0.05, 0) is 25.0 Å². The molecular formula is C20H31N3O5S. The van der Waals surface area contributed by atoms with Gasteiger partial charge in [-0.1, -0.05) is 19.1 Å². The second kappa shape index (κ2) is 11.3. The zero-order valence-electron chi connectivity index (χ0n) is 17.2. The van der Waals surface area contributed by atoms with Crippen LogP contribution in [0.4, 0.5) is 0 Å². The van der Waals surface area contributed by atoms with Crippen LogP contribution in [0.1, 0.15) is 30.1 Å². The number of carbonyl (C=O) groups excluding carboxylic acids is 2. The molecule has 0 saturated carbocycles. The van der Waals surface area contributed by atoms with E-state index in [0.29, 0.717) is 45.8 Å². The number of carbonyl (C=O) groups is 2. The summed E-state index contributed by atoms with van der Waals surface area (Å²) in [6.45, 7) is 5.33. The van der Waals surface area contributed by atoms with Gasteiger partial charge in [-0.2, -0.15) is 0 Å². The fourth-order valence-corrected chi connectivity index (χ4v) is 4.81. The van der Waals surface area contributed by atoms with Crippen LogP contribution in [0.5, 0.6) is 0 Å². The predicted octanol–water partition coefficient (Wildman–Crippen LogP) is 0.781. The molecule has 0 unspecified atom stereocenters. The third-order valence-electron chi connectivity index (χ3n) is 4.80. The van der Waals surface area contributed by atoms with E-state index in [-0.39, 0.29) is 34.6 Å². The van der Waals surface area contributed by atoms with Crippen LogP contribution in [0.2, 0.25) is 0 Å². The molecule has 1 fully saturated rings. The van der Waals surface area contributed by atoms with Crippen LogP contribution >= 0.6 is 0 Å². The molecule has 1 aliphatic rings. The molecule has 2 rings (SSSR count). The molecule has 9 heteroatoms. The molecule has 1 saturated heterocycles. The van der Waals surface area contributed by atoms with Crippen molar-refractivity contribution in [2.75, 3.05) is 58.7 Å². The lowest BCUT2D eigenvalue weighted by Crippen LogP contribution is -2.51. The Morgan fingerprint density at radius 1 is 1.14 bits per heavy atom. The second-order valence-corrected chi connectivity index (χ2v) is 9.16. The zero-order valence-corrected chi connectivity index (χ0v) is 18.0. The summed E-state index contributed by atoms with van der Waals surface area (Å²) in [6.07, 6.45) is 1.27. The van der Waals surface area contributed by atoms with Gasteiger partial charge in [-0.25, -0.2) is 8.42 Å². The van der Waals surface area contributed by atoms with Crippen molar-refractivity contribution < 1.29 is 22.7 Å². The molecule has 1 aromatic carbocycles. The molecule has 2 amide bonds. The summed E-state index contributed by atoms with van der Waals surface area (Å²) in [4.78, 5) is 28.7. The summed E-state index contributed by atoms with van der Waals surface area (Å²) >= 11 is 0. The smallest absolute Gasteiger partial charge is 0.255 e. The number of rotatable bonds is 10. The maximum Gasteiger partial charge on any atom is 0.255 e. The van der Waals surface area contributed by atoms with E-state index < -0.39 is 9.84 Å². The first-order valence-electron chi connectivity index (χ1n) is 9.98. The van der Waals surface area contributed by atoms with Crippen molar-refractivity contribution in [3.8, 4) is 0 Å². The van der Waals surface area contributed by atoms with Crippen LogP contribution in [0.15, 0.2) is 29.2 Å². The Morgan fingerprint density at radius 2 is 1.83 bits per heavy atom. The molecule has 1 aliphatic heterocycles. The van der Waals surface area contributed by atoms with Crippen LogP contribution in [0.3, 0.4) is 0 Å². The number of benzene rings is 1. The molecule has 0 atom stereocenters. The predicted molar refractivity (Wildman–Crippen MR) is 111 cm³/mol. The molecule has 29 heavy (non-hydrogen) atoms. The van der Waals surface area contributed by atoms with Gasteiger partial charge in [0.2, 0.25) is 5.91 Å². The summed E-state index contributed by atoms with van der Waals surface area (Å²) in [5.41, 5.74) is 0.227. The normalized spacial score (nSPS) is 15.3. The molecule has 1 N–H and O–H groups in total. The van der Waals surface area contributed by atoms with E-state index in [0.717, 1.165) is 6.42 Å². The van der Waals surface area contributed by atoms with E-state index in [1.807, 2.05) is 4.90 Å². The number of nitrogens with zero attached hydrogens (tertiary/aromatic N) is 2. The van der Waals surface area contributed by atoms with Crippen molar-refractivity contribution in [2.24, 2.45) is 0 Å². The van der Waals surface area contributed by atoms with Crippen molar-refractivity contribution in [2.45, 2.75) is 24.7 Å². The maximum atomic E-state index is 13.0. The van der Waals surface area contributed by atoms with E-state index >= 15 is 0 Å². The third kappa shape index (κ3) is 6.80. The van der Waals surface area contributed by atoms with Crippen molar-refractivity contribution in [1.82, 2.24) is 15.1 Å². The van der Waals surface area contributed by atoms with E-state index in [1.54, 1.807) is 37.1 Å². The summed E-state index contributed by atoms with van der Waals surface area (Å²) < 4.78 is 30.0. The van der Waals surface area contributed by atoms with Crippen molar-refractivity contribution in [3.63, 3.8) is 0 Å². The number of sulfone groups is 1. The van der Waals surface area contributed by atoms with E-state index in [9.17, 15) is 18.0 Å². The lowest BCUT2D eigenvalue weighted by Gasteiger charge is -2.34. The molecular weight excluding hydrogens is 394 g/mol. The number of hydrogen-bond donors (Lipinski definition) is 1. The number of ether oxygens (including phenoxy) is 1. The Kier molecular flexibility index (Phi) is 9.06. The van der Waals surface area contributed by atoms with E-state index in [1.165, 1.54) is 6.07 Å². The quantitative estimate of drug-likeness (QED) is 0.557. The van der Waals surface area contributed by atoms with Gasteiger partial charge in [0.05, 0.1) is 22.8 Å². The van der Waals surface area contributed by atoms with Gasteiger partial charge in [0.15, 0.2) is 9.84 Å². The molecule has 0 spiro atoms. The van der Waals surface area contributed by atoms with Crippen LogP contribution < -0.4 is 5.32 Å². The molecule has 0 bridgehead atoms. The maximum absolute atomic E-state index is 13.0. The first-order valence-corrected chi connectivity index (χ1v) is 11.6. The third-order valence-corrected chi connectivity index (χ3v) is 6.77. The zero-order chi connectivity index (χ0) is 21.3. The van der Waals surface area contributed by atoms with Crippen LogP contribution in [-0.4, -0.2) is 88.8 Å². The minimum absolute atomic E-state index is 0.0184. The number of nitrogens with one attached hydrogen (secondary N) is 1. The number of amides is 2. The average molecular weight is 426 g/mol.